The summed E-state index contributed by atoms with van der Waals surface area (Å²) in [6, 6.07) is 10.00. The Balaban J connectivity index is 1.91. The van der Waals surface area contributed by atoms with E-state index in [4.69, 9.17) is 9.72 Å². The van der Waals surface area contributed by atoms with Gasteiger partial charge in [0.25, 0.3) is 0 Å². The Labute approximate surface area is 163 Å². The fourth-order valence-corrected chi connectivity index (χ4v) is 3.63. The van der Waals surface area contributed by atoms with Gasteiger partial charge in [-0.1, -0.05) is 12.1 Å². The molecule has 6 heteroatoms. The van der Waals surface area contributed by atoms with Gasteiger partial charge in [0.05, 0.1) is 28.6 Å². The minimum Gasteiger partial charge on any atom is -0.375 e. The molecule has 0 unspecified atom stereocenters. The van der Waals surface area contributed by atoms with Gasteiger partial charge in [0.1, 0.15) is 6.61 Å². The zero-order chi connectivity index (χ0) is 19.8. The molecular weight excluding hydrogens is 352 g/mol. The van der Waals surface area contributed by atoms with Gasteiger partial charge in [-0.2, -0.15) is 5.10 Å². The molecule has 0 fully saturated rings. The molecule has 28 heavy (non-hydrogen) atoms. The number of hydrogen-bond donors (Lipinski definition) is 1. The van der Waals surface area contributed by atoms with E-state index in [9.17, 15) is 4.79 Å². The third-order valence-electron chi connectivity index (χ3n) is 4.93. The van der Waals surface area contributed by atoms with Crippen molar-refractivity contribution in [3.8, 4) is 11.3 Å². The highest BCUT2D eigenvalue weighted by molar-refractivity contribution is 6.04. The van der Waals surface area contributed by atoms with Crippen molar-refractivity contribution in [1.82, 2.24) is 14.6 Å². The molecule has 142 valence electrons. The number of amides is 1. The summed E-state index contributed by atoms with van der Waals surface area (Å²) in [7, 11) is 1.50. The van der Waals surface area contributed by atoms with E-state index < -0.39 is 0 Å². The number of carbonyl (C=O) groups excluding carboxylic acids is 1. The second-order valence-corrected chi connectivity index (χ2v) is 7.00. The first kappa shape index (κ1) is 18.1. The molecule has 6 nitrogen and oxygen atoms in total. The number of methoxy groups -OCH3 is 1. The number of nitrogens with one attached hydrogen (secondary N) is 1. The normalized spacial score (nSPS) is 11.3. The summed E-state index contributed by atoms with van der Waals surface area (Å²) in [5.74, 6) is -0.186. The Morgan fingerprint density at radius 1 is 1.14 bits per heavy atom. The zero-order valence-electron chi connectivity index (χ0n) is 16.4. The van der Waals surface area contributed by atoms with Crippen LogP contribution in [0, 0.1) is 20.8 Å². The van der Waals surface area contributed by atoms with Crippen molar-refractivity contribution in [2.24, 2.45) is 0 Å². The van der Waals surface area contributed by atoms with Crippen LogP contribution in [-0.2, 0) is 9.53 Å². The molecule has 3 aromatic heterocycles. The average molecular weight is 374 g/mol. The molecule has 0 bridgehead atoms. The maximum absolute atomic E-state index is 12.0. The lowest BCUT2D eigenvalue weighted by molar-refractivity contribution is -0.119. The van der Waals surface area contributed by atoms with Crippen LogP contribution >= 0.6 is 0 Å². The quantitative estimate of drug-likeness (QED) is 0.585. The highest BCUT2D eigenvalue weighted by Crippen LogP contribution is 2.33. The summed E-state index contributed by atoms with van der Waals surface area (Å²) in [5, 5.41) is 8.34. The Kier molecular flexibility index (Phi) is 4.57. The zero-order valence-corrected chi connectivity index (χ0v) is 16.4. The summed E-state index contributed by atoms with van der Waals surface area (Å²) in [6.07, 6.45) is 3.80. The molecule has 3 heterocycles. The van der Waals surface area contributed by atoms with E-state index in [1.165, 1.54) is 7.11 Å². The number of hydrogen-bond acceptors (Lipinski definition) is 4. The summed E-state index contributed by atoms with van der Waals surface area (Å²) in [4.78, 5) is 17.0. The molecule has 1 aromatic carbocycles. The van der Waals surface area contributed by atoms with Crippen LogP contribution in [-0.4, -0.2) is 34.2 Å². The molecule has 0 saturated heterocycles. The molecule has 4 aromatic rings. The Morgan fingerprint density at radius 2 is 1.96 bits per heavy atom. The van der Waals surface area contributed by atoms with Crippen molar-refractivity contribution in [3.63, 3.8) is 0 Å². The van der Waals surface area contributed by atoms with Gasteiger partial charge in [0.15, 0.2) is 0 Å². The van der Waals surface area contributed by atoms with E-state index in [1.807, 2.05) is 49.0 Å². The third-order valence-corrected chi connectivity index (χ3v) is 4.93. The van der Waals surface area contributed by atoms with Gasteiger partial charge in [-0.25, -0.2) is 9.50 Å². The average Bonchev–Trinajstić information content (AvgIpc) is 3.10. The van der Waals surface area contributed by atoms with Crippen molar-refractivity contribution >= 4 is 28.0 Å². The van der Waals surface area contributed by atoms with E-state index in [2.05, 4.69) is 29.5 Å². The highest BCUT2D eigenvalue weighted by Gasteiger charge is 2.15. The lowest BCUT2D eigenvalue weighted by Gasteiger charge is -2.14. The first-order valence-electron chi connectivity index (χ1n) is 9.12. The van der Waals surface area contributed by atoms with E-state index in [1.54, 1.807) is 0 Å². The fraction of sp³-hybridized carbons (Fsp3) is 0.227. The van der Waals surface area contributed by atoms with E-state index in [-0.39, 0.29) is 12.5 Å². The van der Waals surface area contributed by atoms with E-state index in [0.717, 1.165) is 50.1 Å². The largest absolute Gasteiger partial charge is 0.375 e. The van der Waals surface area contributed by atoms with Gasteiger partial charge in [-0.3, -0.25) is 4.79 Å². The van der Waals surface area contributed by atoms with Crippen LogP contribution in [0.5, 0.6) is 0 Å². The number of rotatable bonds is 4. The van der Waals surface area contributed by atoms with E-state index in [0.29, 0.717) is 0 Å². The molecule has 0 saturated carbocycles. The van der Waals surface area contributed by atoms with Crippen molar-refractivity contribution in [3.05, 3.63) is 59.4 Å². The second kappa shape index (κ2) is 7.05. The van der Waals surface area contributed by atoms with Gasteiger partial charge < -0.3 is 10.1 Å². The van der Waals surface area contributed by atoms with Crippen LogP contribution in [0.25, 0.3) is 27.7 Å². The number of ether oxygens (including phenoxy) is 1. The maximum Gasteiger partial charge on any atom is 0.250 e. The number of anilines is 1. The number of benzene rings is 1. The molecule has 0 aliphatic rings. The SMILES string of the molecule is COCC(=O)Nc1ccc(C)c2nc(-c3cnn4cccc(C)c34)cc(C)c12. The number of fused-ring (bicyclic) bond motifs is 2. The van der Waals surface area contributed by atoms with Gasteiger partial charge in [0, 0.05) is 24.3 Å². The molecule has 0 atom stereocenters. The van der Waals surface area contributed by atoms with Crippen LogP contribution < -0.4 is 5.32 Å². The Hall–Kier alpha value is -3.25. The summed E-state index contributed by atoms with van der Waals surface area (Å²) in [6.45, 7) is 6.16. The van der Waals surface area contributed by atoms with Gasteiger partial charge in [-0.15, -0.1) is 0 Å². The second-order valence-electron chi connectivity index (χ2n) is 7.00. The molecule has 0 radical (unpaired) electrons. The van der Waals surface area contributed by atoms with Gasteiger partial charge >= 0.3 is 0 Å². The highest BCUT2D eigenvalue weighted by atomic mass is 16.5. The Morgan fingerprint density at radius 3 is 2.75 bits per heavy atom. The predicted octanol–water partition coefficient (Wildman–Crippen LogP) is 4.06. The molecule has 0 spiro atoms. The molecular formula is C22H22N4O2. The van der Waals surface area contributed by atoms with Crippen molar-refractivity contribution < 1.29 is 9.53 Å². The monoisotopic (exact) mass is 374 g/mol. The molecule has 4 rings (SSSR count). The van der Waals surface area contributed by atoms with Crippen LogP contribution in [0.4, 0.5) is 5.69 Å². The predicted molar refractivity (Wildman–Crippen MR) is 111 cm³/mol. The lowest BCUT2D eigenvalue weighted by Crippen LogP contribution is -2.17. The lowest BCUT2D eigenvalue weighted by atomic mass is 10.0. The van der Waals surface area contributed by atoms with Crippen LogP contribution in [0.3, 0.4) is 0 Å². The van der Waals surface area contributed by atoms with Crippen LogP contribution in [0.2, 0.25) is 0 Å². The summed E-state index contributed by atoms with van der Waals surface area (Å²) in [5.41, 5.74) is 7.78. The summed E-state index contributed by atoms with van der Waals surface area (Å²) < 4.78 is 6.80. The minimum absolute atomic E-state index is 0.0155. The van der Waals surface area contributed by atoms with Crippen molar-refractivity contribution in [2.45, 2.75) is 20.8 Å². The number of carbonyl (C=O) groups is 1. The molecule has 1 amide bonds. The number of aromatic nitrogens is 3. The maximum atomic E-state index is 12.0. The molecule has 0 aliphatic heterocycles. The first-order valence-corrected chi connectivity index (χ1v) is 9.12. The van der Waals surface area contributed by atoms with Gasteiger partial charge in [0.2, 0.25) is 5.91 Å². The number of aryl methyl sites for hydroxylation is 3. The number of pyridine rings is 2. The Bertz CT molecular complexity index is 1210. The van der Waals surface area contributed by atoms with Gasteiger partial charge in [-0.05, 0) is 55.7 Å². The van der Waals surface area contributed by atoms with E-state index >= 15 is 0 Å². The fourth-order valence-electron chi connectivity index (χ4n) is 3.63. The standard InChI is InChI=1S/C22H22N4O2/c1-13-7-8-17(24-19(27)12-28-4)20-15(3)10-18(25-21(13)20)16-11-23-26-9-5-6-14(2)22(16)26/h5-11H,12H2,1-4H3,(H,24,27). The summed E-state index contributed by atoms with van der Waals surface area (Å²) >= 11 is 0. The first-order chi connectivity index (χ1) is 13.5. The smallest absolute Gasteiger partial charge is 0.250 e. The third kappa shape index (κ3) is 3.01. The van der Waals surface area contributed by atoms with Crippen LogP contribution in [0.15, 0.2) is 42.7 Å². The molecule has 1 N–H and O–H groups in total. The minimum atomic E-state index is -0.186. The topological polar surface area (TPSA) is 68.5 Å². The number of nitrogens with zero attached hydrogens (tertiary/aromatic N) is 3. The van der Waals surface area contributed by atoms with Crippen LogP contribution in [0.1, 0.15) is 16.7 Å². The van der Waals surface area contributed by atoms with Crippen molar-refractivity contribution in [2.75, 3.05) is 19.0 Å². The molecule has 0 aliphatic carbocycles. The van der Waals surface area contributed by atoms with Crippen molar-refractivity contribution in [1.29, 1.82) is 0 Å².